The van der Waals surface area contributed by atoms with Crippen LogP contribution in [0, 0.1) is 5.92 Å². The predicted molar refractivity (Wildman–Crippen MR) is 142 cm³/mol. The van der Waals surface area contributed by atoms with Gasteiger partial charge in [0.15, 0.2) is 0 Å². The maximum Gasteiger partial charge on any atom is 0.0233 e. The van der Waals surface area contributed by atoms with E-state index in [1.54, 1.807) is 5.56 Å². The highest BCUT2D eigenvalue weighted by atomic mass is 15.1. The summed E-state index contributed by atoms with van der Waals surface area (Å²) < 4.78 is 0. The van der Waals surface area contributed by atoms with Gasteiger partial charge in [-0.3, -0.25) is 4.90 Å². The molecule has 0 unspecified atom stereocenters. The Labute approximate surface area is 203 Å². The molecule has 6 aliphatic rings. The minimum Gasteiger partial charge on any atom is -0.316 e. The number of nitrogens with zero attached hydrogens (tertiary/aromatic N) is 1. The zero-order chi connectivity index (χ0) is 22.6. The first-order valence-corrected chi connectivity index (χ1v) is 13.9. The molecule has 1 fully saturated rings. The molecule has 6 aliphatic heterocycles. The first-order chi connectivity index (χ1) is 16.3. The molecule has 0 aliphatic carbocycles. The zero-order valence-corrected chi connectivity index (χ0v) is 20.9. The van der Waals surface area contributed by atoms with Crippen molar-refractivity contribution < 1.29 is 0 Å². The molecule has 33 heavy (non-hydrogen) atoms. The van der Waals surface area contributed by atoms with E-state index in [0.29, 0.717) is 0 Å². The number of hydrogen-bond acceptors (Lipinski definition) is 2. The highest BCUT2D eigenvalue weighted by Gasteiger charge is 2.13. The molecule has 6 bridgehead atoms. The first kappa shape index (κ1) is 24.5. The van der Waals surface area contributed by atoms with E-state index >= 15 is 0 Å². The van der Waals surface area contributed by atoms with Gasteiger partial charge in [0.05, 0.1) is 0 Å². The minimum absolute atomic E-state index is 0.876. The van der Waals surface area contributed by atoms with Crippen LogP contribution in [0.5, 0.6) is 0 Å². The molecule has 2 aromatic carbocycles. The molecule has 2 nitrogen and oxygen atoms in total. The summed E-state index contributed by atoms with van der Waals surface area (Å²) in [6, 6.07) is 19.1. The fourth-order valence-electron chi connectivity index (χ4n) is 5.69. The van der Waals surface area contributed by atoms with Crippen LogP contribution in [0.15, 0.2) is 48.5 Å². The summed E-state index contributed by atoms with van der Waals surface area (Å²) in [7, 11) is 0. The Morgan fingerprint density at radius 2 is 1.15 bits per heavy atom. The normalized spacial score (nSPS) is 24.5. The lowest BCUT2D eigenvalue weighted by molar-refractivity contribution is 0.246. The van der Waals surface area contributed by atoms with Crippen LogP contribution in [0.25, 0.3) is 0 Å². The number of fused-ring (bicyclic) bond motifs is 4. The van der Waals surface area contributed by atoms with Crippen molar-refractivity contribution in [3.63, 3.8) is 0 Å². The monoisotopic (exact) mass is 446 g/mol. The maximum absolute atomic E-state index is 3.65. The average Bonchev–Trinajstić information content (AvgIpc) is 2.83. The molecular formula is C31H46N2. The second-order valence-electron chi connectivity index (χ2n) is 10.6. The molecule has 0 atom stereocenters. The van der Waals surface area contributed by atoms with Gasteiger partial charge in [-0.25, -0.2) is 0 Å². The van der Waals surface area contributed by atoms with Gasteiger partial charge in [0.25, 0.3) is 0 Å². The third-order valence-electron chi connectivity index (χ3n) is 7.81. The first-order valence-electron chi connectivity index (χ1n) is 13.9. The van der Waals surface area contributed by atoms with Gasteiger partial charge >= 0.3 is 0 Å². The number of nitrogens with one attached hydrogen (secondary N) is 1. The Morgan fingerprint density at radius 3 is 1.85 bits per heavy atom. The lowest BCUT2D eigenvalue weighted by Crippen LogP contribution is -2.26. The van der Waals surface area contributed by atoms with Crippen LogP contribution in [-0.2, 0) is 25.8 Å². The van der Waals surface area contributed by atoms with Crippen LogP contribution in [0.2, 0.25) is 0 Å². The number of hydrogen-bond donors (Lipinski definition) is 1. The van der Waals surface area contributed by atoms with Gasteiger partial charge in [0.2, 0.25) is 0 Å². The number of benzene rings is 2. The number of rotatable bonds is 0. The summed E-state index contributed by atoms with van der Waals surface area (Å²) in [4.78, 5) is 2.72. The Balaban J connectivity index is 1.41. The van der Waals surface area contributed by atoms with Gasteiger partial charge in [-0.15, -0.1) is 0 Å². The lowest BCUT2D eigenvalue weighted by Gasteiger charge is -2.24. The van der Waals surface area contributed by atoms with E-state index in [0.717, 1.165) is 32.0 Å². The summed E-state index contributed by atoms with van der Waals surface area (Å²) in [5.74, 6) is 0.876. The van der Waals surface area contributed by atoms with Crippen molar-refractivity contribution in [3.8, 4) is 0 Å². The van der Waals surface area contributed by atoms with E-state index in [1.807, 2.05) is 0 Å². The van der Waals surface area contributed by atoms with Crippen molar-refractivity contribution in [1.29, 1.82) is 0 Å². The molecule has 2 aromatic rings. The van der Waals surface area contributed by atoms with Crippen molar-refractivity contribution in [2.75, 3.05) is 26.2 Å². The number of aryl methyl sites for hydroxylation is 1. The zero-order valence-electron chi connectivity index (χ0n) is 20.9. The van der Waals surface area contributed by atoms with Crippen LogP contribution in [0.3, 0.4) is 0 Å². The second kappa shape index (κ2) is 13.9. The molecular weight excluding hydrogens is 400 g/mol. The summed E-state index contributed by atoms with van der Waals surface area (Å²) in [5.41, 5.74) is 6.02. The molecule has 0 spiro atoms. The average molecular weight is 447 g/mol. The summed E-state index contributed by atoms with van der Waals surface area (Å²) >= 11 is 0. The van der Waals surface area contributed by atoms with Crippen molar-refractivity contribution in [1.82, 2.24) is 10.2 Å². The SMILES string of the molecule is c1cc2ccc1CCCCNCCc1ccc(cc1)CN1CCCCCC(CCCCC1)C2. The predicted octanol–water partition coefficient (Wildman–Crippen LogP) is 6.95. The topological polar surface area (TPSA) is 15.3 Å². The molecule has 1 N–H and O–H groups in total. The molecule has 8 rings (SSSR count). The van der Waals surface area contributed by atoms with Crippen LogP contribution < -0.4 is 5.32 Å². The van der Waals surface area contributed by atoms with Gasteiger partial charge in [-0.1, -0.05) is 87.1 Å². The molecule has 6 heterocycles. The van der Waals surface area contributed by atoms with Crippen molar-refractivity contribution in [3.05, 3.63) is 70.8 Å². The molecule has 0 amide bonds. The Kier molecular flexibility index (Phi) is 10.3. The smallest absolute Gasteiger partial charge is 0.0233 e. The summed E-state index contributed by atoms with van der Waals surface area (Å²) in [6.45, 7) is 5.86. The van der Waals surface area contributed by atoms with E-state index < -0.39 is 0 Å². The second-order valence-corrected chi connectivity index (χ2v) is 10.6. The quantitative estimate of drug-likeness (QED) is 0.471. The van der Waals surface area contributed by atoms with Crippen molar-refractivity contribution >= 4 is 0 Å². The highest BCUT2D eigenvalue weighted by Crippen LogP contribution is 2.24. The van der Waals surface area contributed by atoms with Gasteiger partial charge in [-0.05, 0) is 99.3 Å². The van der Waals surface area contributed by atoms with Crippen molar-refractivity contribution in [2.24, 2.45) is 5.92 Å². The third-order valence-corrected chi connectivity index (χ3v) is 7.81. The van der Waals surface area contributed by atoms with E-state index in [2.05, 4.69) is 58.7 Å². The van der Waals surface area contributed by atoms with Gasteiger partial charge in [0, 0.05) is 6.54 Å². The molecule has 0 aromatic heterocycles. The fourth-order valence-corrected chi connectivity index (χ4v) is 5.69. The van der Waals surface area contributed by atoms with Crippen LogP contribution in [0.4, 0.5) is 0 Å². The van der Waals surface area contributed by atoms with E-state index in [-0.39, 0.29) is 0 Å². The van der Waals surface area contributed by atoms with E-state index in [9.17, 15) is 0 Å². The molecule has 180 valence electrons. The largest absolute Gasteiger partial charge is 0.316 e. The third kappa shape index (κ3) is 8.91. The van der Waals surface area contributed by atoms with Gasteiger partial charge < -0.3 is 5.32 Å². The summed E-state index contributed by atoms with van der Waals surface area (Å²) in [6.07, 6.45) is 17.3. The Hall–Kier alpha value is -1.64. The van der Waals surface area contributed by atoms with Crippen molar-refractivity contribution in [2.45, 2.75) is 90.0 Å². The van der Waals surface area contributed by atoms with E-state index in [4.69, 9.17) is 0 Å². The van der Waals surface area contributed by atoms with Gasteiger partial charge in [-0.2, -0.15) is 0 Å². The Bertz CT molecular complexity index is 700. The lowest BCUT2D eigenvalue weighted by atomic mass is 9.88. The highest BCUT2D eigenvalue weighted by molar-refractivity contribution is 5.24. The Morgan fingerprint density at radius 1 is 0.545 bits per heavy atom. The molecule has 0 radical (unpaired) electrons. The molecule has 1 saturated heterocycles. The standard InChI is InChI=1S/C31H46N2/c1-3-10-29-11-4-2-8-24-33(23-7-1)26-31-18-14-28(15-19-31)20-22-32-21-6-5-9-27-12-16-30(25-29)17-13-27/h12-19,29,32H,1-11,20-26H2. The van der Waals surface area contributed by atoms with Gasteiger partial charge in [0.1, 0.15) is 0 Å². The maximum atomic E-state index is 3.65. The van der Waals surface area contributed by atoms with Crippen LogP contribution in [0.1, 0.15) is 86.5 Å². The van der Waals surface area contributed by atoms with Crippen LogP contribution >= 0.6 is 0 Å². The summed E-state index contributed by atoms with van der Waals surface area (Å²) in [5, 5.41) is 3.65. The van der Waals surface area contributed by atoms with Crippen LogP contribution in [-0.4, -0.2) is 31.1 Å². The minimum atomic E-state index is 0.876. The fraction of sp³-hybridized carbons (Fsp3) is 0.613. The molecule has 0 saturated carbocycles. The molecule has 2 heteroatoms. The van der Waals surface area contributed by atoms with E-state index in [1.165, 1.54) is 107 Å².